The minimum Gasteiger partial charge on any atom is -0.494 e. The third-order valence-corrected chi connectivity index (χ3v) is 6.71. The van der Waals surface area contributed by atoms with Crippen LogP contribution in [-0.4, -0.2) is 41.5 Å². The summed E-state index contributed by atoms with van der Waals surface area (Å²) in [5.74, 6) is 2.21. The second kappa shape index (κ2) is 15.4. The SMILES string of the molecule is CCCCCOc1ccc(-c2ccc(-c3ccccc3Cl)n2Cc2ccc(OC)c(NCCCO)n2)cc1.Cl. The van der Waals surface area contributed by atoms with Gasteiger partial charge in [0.25, 0.3) is 0 Å². The monoisotopic (exact) mass is 569 g/mol. The maximum Gasteiger partial charge on any atom is 0.169 e. The molecule has 0 aliphatic rings. The van der Waals surface area contributed by atoms with Crippen molar-refractivity contribution in [2.75, 3.05) is 32.2 Å². The number of hydrogen-bond donors (Lipinski definition) is 2. The smallest absolute Gasteiger partial charge is 0.169 e. The van der Waals surface area contributed by atoms with Gasteiger partial charge >= 0.3 is 0 Å². The summed E-state index contributed by atoms with van der Waals surface area (Å²) in [6.07, 6.45) is 4.05. The fourth-order valence-electron chi connectivity index (χ4n) is 4.37. The van der Waals surface area contributed by atoms with E-state index in [0.717, 1.165) is 47.0 Å². The van der Waals surface area contributed by atoms with E-state index < -0.39 is 0 Å². The molecule has 0 spiro atoms. The van der Waals surface area contributed by atoms with Crippen molar-refractivity contribution in [3.8, 4) is 34.0 Å². The van der Waals surface area contributed by atoms with Crippen molar-refractivity contribution in [3.63, 3.8) is 0 Å². The van der Waals surface area contributed by atoms with Crippen molar-refractivity contribution in [3.05, 3.63) is 83.5 Å². The number of rotatable bonds is 14. The first-order valence-corrected chi connectivity index (χ1v) is 13.6. The summed E-state index contributed by atoms with van der Waals surface area (Å²) < 4.78 is 13.7. The first kappa shape index (κ1) is 30.4. The Kier molecular flexibility index (Phi) is 12.0. The first-order chi connectivity index (χ1) is 18.6. The van der Waals surface area contributed by atoms with E-state index in [4.69, 9.17) is 31.2 Å². The number of methoxy groups -OCH3 is 1. The van der Waals surface area contributed by atoms with Crippen LogP contribution in [0.3, 0.4) is 0 Å². The number of nitrogens with zero attached hydrogens (tertiary/aromatic N) is 2. The molecule has 0 atom stereocenters. The fourth-order valence-corrected chi connectivity index (χ4v) is 4.60. The number of aliphatic hydroxyl groups is 1. The standard InChI is InChI=1S/C31H36ClN3O3.ClH/c1-3-4-7-21-38-25-14-11-23(12-15-25)28-16-17-29(26-9-5-6-10-27(26)32)35(28)22-24-13-18-30(37-2)31(34-24)33-19-8-20-36;/h5-6,9-18,36H,3-4,7-8,19-22H2,1-2H3,(H,33,34);1H. The Morgan fingerprint density at radius 1 is 0.923 bits per heavy atom. The molecule has 39 heavy (non-hydrogen) atoms. The van der Waals surface area contributed by atoms with Gasteiger partial charge in [0.2, 0.25) is 0 Å². The fraction of sp³-hybridized carbons (Fsp3) is 0.323. The molecular weight excluding hydrogens is 533 g/mol. The van der Waals surface area contributed by atoms with Crippen molar-refractivity contribution in [2.24, 2.45) is 0 Å². The highest BCUT2D eigenvalue weighted by Crippen LogP contribution is 2.34. The summed E-state index contributed by atoms with van der Waals surface area (Å²) in [4.78, 5) is 4.85. The van der Waals surface area contributed by atoms with Crippen LogP contribution in [0.2, 0.25) is 5.02 Å². The number of benzene rings is 2. The molecule has 2 aromatic heterocycles. The van der Waals surface area contributed by atoms with Gasteiger partial charge in [0.05, 0.1) is 31.6 Å². The maximum atomic E-state index is 9.16. The minimum atomic E-state index is 0. The third-order valence-electron chi connectivity index (χ3n) is 6.38. The molecule has 0 aliphatic carbocycles. The lowest BCUT2D eigenvalue weighted by Crippen LogP contribution is -2.10. The van der Waals surface area contributed by atoms with Crippen molar-refractivity contribution in [1.29, 1.82) is 0 Å². The lowest BCUT2D eigenvalue weighted by molar-refractivity contribution is 0.292. The Labute approximate surface area is 242 Å². The van der Waals surface area contributed by atoms with Crippen LogP contribution >= 0.6 is 24.0 Å². The van der Waals surface area contributed by atoms with Gasteiger partial charge in [-0.3, -0.25) is 0 Å². The van der Waals surface area contributed by atoms with E-state index in [1.165, 1.54) is 12.8 Å². The third kappa shape index (κ3) is 7.91. The van der Waals surface area contributed by atoms with Gasteiger partial charge in [0.15, 0.2) is 11.6 Å². The molecule has 0 saturated heterocycles. The number of unbranched alkanes of at least 4 members (excludes halogenated alkanes) is 2. The summed E-state index contributed by atoms with van der Waals surface area (Å²) >= 11 is 6.62. The number of nitrogens with one attached hydrogen (secondary N) is 1. The van der Waals surface area contributed by atoms with Gasteiger partial charge in [-0.1, -0.05) is 49.6 Å². The maximum absolute atomic E-state index is 9.16. The number of aliphatic hydroxyl groups excluding tert-OH is 1. The van der Waals surface area contributed by atoms with Gasteiger partial charge in [-0.05, 0) is 73.0 Å². The molecule has 2 aromatic carbocycles. The topological polar surface area (TPSA) is 68.5 Å². The molecule has 4 rings (SSSR count). The zero-order chi connectivity index (χ0) is 26.7. The van der Waals surface area contributed by atoms with Gasteiger partial charge < -0.3 is 24.5 Å². The molecule has 0 fully saturated rings. The van der Waals surface area contributed by atoms with E-state index in [-0.39, 0.29) is 19.0 Å². The Hall–Kier alpha value is -3.19. The highest BCUT2D eigenvalue weighted by molar-refractivity contribution is 6.33. The molecule has 8 heteroatoms. The van der Waals surface area contributed by atoms with Gasteiger partial charge in [0, 0.05) is 29.4 Å². The summed E-state index contributed by atoms with van der Waals surface area (Å²) in [6, 6.07) is 24.3. The predicted octanol–water partition coefficient (Wildman–Crippen LogP) is 7.71. The zero-order valence-corrected chi connectivity index (χ0v) is 24.1. The number of anilines is 1. The van der Waals surface area contributed by atoms with E-state index in [9.17, 15) is 0 Å². The lowest BCUT2D eigenvalue weighted by atomic mass is 10.1. The molecular formula is C31H37Cl2N3O3. The Bertz CT molecular complexity index is 1310. The van der Waals surface area contributed by atoms with Crippen LogP contribution in [-0.2, 0) is 6.54 Å². The number of aromatic nitrogens is 2. The van der Waals surface area contributed by atoms with Crippen LogP contribution in [0, 0.1) is 0 Å². The largest absolute Gasteiger partial charge is 0.494 e. The van der Waals surface area contributed by atoms with Crippen LogP contribution in [0.1, 0.15) is 38.3 Å². The quantitative estimate of drug-likeness (QED) is 0.152. The van der Waals surface area contributed by atoms with Gasteiger partial charge in [-0.25, -0.2) is 4.98 Å². The molecule has 4 aromatic rings. The predicted molar refractivity (Wildman–Crippen MR) is 163 cm³/mol. The molecule has 0 bridgehead atoms. The van der Waals surface area contributed by atoms with Crippen LogP contribution in [0.15, 0.2) is 72.8 Å². The van der Waals surface area contributed by atoms with E-state index >= 15 is 0 Å². The summed E-state index contributed by atoms with van der Waals surface area (Å²) in [5.41, 5.74) is 4.99. The van der Waals surface area contributed by atoms with Crippen molar-refractivity contribution < 1.29 is 14.6 Å². The summed E-state index contributed by atoms with van der Waals surface area (Å²) in [5, 5.41) is 13.1. The van der Waals surface area contributed by atoms with Crippen LogP contribution < -0.4 is 14.8 Å². The Balaban J connectivity index is 0.00000420. The molecule has 208 valence electrons. The normalized spacial score (nSPS) is 10.7. The molecule has 0 amide bonds. The van der Waals surface area contributed by atoms with E-state index in [2.05, 4.69) is 41.1 Å². The van der Waals surface area contributed by atoms with Crippen molar-refractivity contribution in [1.82, 2.24) is 9.55 Å². The van der Waals surface area contributed by atoms with E-state index in [1.807, 2.05) is 48.5 Å². The average Bonchev–Trinajstić information content (AvgIpc) is 3.35. The first-order valence-electron chi connectivity index (χ1n) is 13.2. The average molecular weight is 571 g/mol. The molecule has 2 N–H and O–H groups in total. The highest BCUT2D eigenvalue weighted by atomic mass is 35.5. The number of pyridine rings is 1. The zero-order valence-electron chi connectivity index (χ0n) is 22.5. The van der Waals surface area contributed by atoms with Crippen LogP contribution in [0.4, 0.5) is 5.82 Å². The number of ether oxygens (including phenoxy) is 2. The Morgan fingerprint density at radius 2 is 1.69 bits per heavy atom. The summed E-state index contributed by atoms with van der Waals surface area (Å²) in [7, 11) is 1.63. The molecule has 0 saturated carbocycles. The number of halogens is 2. The van der Waals surface area contributed by atoms with Crippen LogP contribution in [0.25, 0.3) is 22.5 Å². The highest BCUT2D eigenvalue weighted by Gasteiger charge is 2.16. The molecule has 2 heterocycles. The van der Waals surface area contributed by atoms with Crippen molar-refractivity contribution >= 4 is 29.8 Å². The van der Waals surface area contributed by atoms with E-state index in [0.29, 0.717) is 36.1 Å². The molecule has 6 nitrogen and oxygen atoms in total. The second-order valence-electron chi connectivity index (χ2n) is 9.11. The lowest BCUT2D eigenvalue weighted by Gasteiger charge is -2.17. The molecule has 0 unspecified atom stereocenters. The van der Waals surface area contributed by atoms with Gasteiger partial charge in [0.1, 0.15) is 5.75 Å². The Morgan fingerprint density at radius 3 is 2.41 bits per heavy atom. The molecule has 0 aliphatic heterocycles. The second-order valence-corrected chi connectivity index (χ2v) is 9.51. The minimum absolute atomic E-state index is 0. The summed E-state index contributed by atoms with van der Waals surface area (Å²) in [6.45, 7) is 4.19. The van der Waals surface area contributed by atoms with Gasteiger partial charge in [-0.2, -0.15) is 0 Å². The van der Waals surface area contributed by atoms with Gasteiger partial charge in [-0.15, -0.1) is 12.4 Å². The van der Waals surface area contributed by atoms with E-state index in [1.54, 1.807) is 7.11 Å². The van der Waals surface area contributed by atoms with Crippen LogP contribution in [0.5, 0.6) is 11.5 Å². The number of hydrogen-bond acceptors (Lipinski definition) is 5. The van der Waals surface area contributed by atoms with Crippen molar-refractivity contribution in [2.45, 2.75) is 39.2 Å². The molecule has 0 radical (unpaired) electrons.